The highest BCUT2D eigenvalue weighted by Gasteiger charge is 2.28. The van der Waals surface area contributed by atoms with Gasteiger partial charge in [0.2, 0.25) is 10.0 Å². The lowest BCUT2D eigenvalue weighted by Crippen LogP contribution is -2.35. The van der Waals surface area contributed by atoms with E-state index in [0.717, 1.165) is 15.8 Å². The minimum Gasteiger partial charge on any atom is -0.495 e. The summed E-state index contributed by atoms with van der Waals surface area (Å²) < 4.78 is 41.6. The maximum atomic E-state index is 13.3. The number of ether oxygens (including phenoxy) is 2. The van der Waals surface area contributed by atoms with Crippen LogP contribution in [0.5, 0.6) is 5.75 Å². The van der Waals surface area contributed by atoms with E-state index in [9.17, 15) is 13.2 Å². The van der Waals surface area contributed by atoms with E-state index in [2.05, 4.69) is 4.99 Å². The highest BCUT2D eigenvalue weighted by Crippen LogP contribution is 2.28. The Morgan fingerprint density at radius 2 is 1.76 bits per heavy atom. The molecule has 5 rings (SSSR count). The minimum absolute atomic E-state index is 0.158. The minimum atomic E-state index is -3.69. The van der Waals surface area contributed by atoms with Gasteiger partial charge in [-0.3, -0.25) is 4.79 Å². The molecule has 0 saturated heterocycles. The molecule has 0 unspecified atom stereocenters. The molecule has 1 aromatic heterocycles. The van der Waals surface area contributed by atoms with Gasteiger partial charge in [-0.05, 0) is 53.9 Å². The molecular weight excluding hydrogens is 510 g/mol. The Morgan fingerprint density at radius 3 is 2.49 bits per heavy atom. The lowest BCUT2D eigenvalue weighted by atomic mass is 10.0. The Bertz CT molecular complexity index is 1620. The Morgan fingerprint density at radius 1 is 1.00 bits per heavy atom. The van der Waals surface area contributed by atoms with Crippen molar-refractivity contribution >= 4 is 37.5 Å². The van der Waals surface area contributed by atoms with Crippen molar-refractivity contribution in [1.29, 1.82) is 0 Å². The van der Waals surface area contributed by atoms with Crippen molar-refractivity contribution in [2.24, 2.45) is 4.99 Å². The molecule has 10 heteroatoms. The highest BCUT2D eigenvalue weighted by molar-refractivity contribution is 7.89. The lowest BCUT2D eigenvalue weighted by molar-refractivity contribution is 0.0997. The molecule has 0 spiro atoms. The summed E-state index contributed by atoms with van der Waals surface area (Å²) in [5.74, 6) is 0.237. The average Bonchev–Trinajstić information content (AvgIpc) is 3.28. The maximum Gasteiger partial charge on any atom is 0.279 e. The van der Waals surface area contributed by atoms with Crippen LogP contribution in [0.3, 0.4) is 0 Å². The summed E-state index contributed by atoms with van der Waals surface area (Å²) >= 11 is 1.38. The zero-order valence-electron chi connectivity index (χ0n) is 20.6. The predicted molar refractivity (Wildman–Crippen MR) is 142 cm³/mol. The number of hydrogen-bond donors (Lipinski definition) is 0. The van der Waals surface area contributed by atoms with Crippen LogP contribution in [0.15, 0.2) is 76.6 Å². The van der Waals surface area contributed by atoms with Crippen LogP contribution in [0.4, 0.5) is 0 Å². The van der Waals surface area contributed by atoms with Crippen LogP contribution in [-0.2, 0) is 34.3 Å². The summed E-state index contributed by atoms with van der Waals surface area (Å²) in [5.41, 5.74) is 3.36. The molecule has 0 aliphatic carbocycles. The van der Waals surface area contributed by atoms with E-state index in [0.29, 0.717) is 48.8 Å². The van der Waals surface area contributed by atoms with E-state index in [4.69, 9.17) is 9.47 Å². The van der Waals surface area contributed by atoms with Crippen LogP contribution in [0, 0.1) is 0 Å². The number of methoxy groups -OCH3 is 2. The van der Waals surface area contributed by atoms with Crippen molar-refractivity contribution in [2.45, 2.75) is 24.4 Å². The molecule has 37 heavy (non-hydrogen) atoms. The largest absolute Gasteiger partial charge is 0.495 e. The van der Waals surface area contributed by atoms with Gasteiger partial charge in [-0.25, -0.2) is 8.42 Å². The molecule has 1 aliphatic heterocycles. The smallest absolute Gasteiger partial charge is 0.279 e. The number of rotatable bonds is 7. The van der Waals surface area contributed by atoms with Crippen molar-refractivity contribution in [3.05, 3.63) is 88.2 Å². The van der Waals surface area contributed by atoms with E-state index in [1.165, 1.54) is 45.5 Å². The third-order valence-electron chi connectivity index (χ3n) is 6.43. The van der Waals surface area contributed by atoms with Crippen molar-refractivity contribution in [2.75, 3.05) is 27.4 Å². The predicted octanol–water partition coefficient (Wildman–Crippen LogP) is 3.85. The third kappa shape index (κ3) is 4.97. The molecule has 0 N–H and O–H groups in total. The molecule has 0 fully saturated rings. The molecule has 1 aliphatic rings. The number of carbonyl (C=O) groups is 1. The number of aromatic nitrogens is 1. The van der Waals surface area contributed by atoms with E-state index < -0.39 is 15.9 Å². The number of para-hydroxylation sites is 1. The van der Waals surface area contributed by atoms with Crippen LogP contribution in [0.1, 0.15) is 21.5 Å². The highest BCUT2D eigenvalue weighted by atomic mass is 32.2. The fourth-order valence-electron chi connectivity index (χ4n) is 4.48. The number of thiazole rings is 1. The summed E-state index contributed by atoms with van der Waals surface area (Å²) in [5, 5.41) is 0. The number of fused-ring (bicyclic) bond motifs is 2. The molecule has 0 atom stereocenters. The molecule has 4 aromatic rings. The van der Waals surface area contributed by atoms with Gasteiger partial charge in [-0.2, -0.15) is 9.30 Å². The summed E-state index contributed by atoms with van der Waals surface area (Å²) in [6, 6.07) is 19.6. The lowest BCUT2D eigenvalue weighted by Gasteiger charge is -2.28. The fourth-order valence-corrected chi connectivity index (χ4v) is 6.97. The van der Waals surface area contributed by atoms with Crippen molar-refractivity contribution in [3.63, 3.8) is 0 Å². The van der Waals surface area contributed by atoms with Crippen molar-refractivity contribution in [1.82, 2.24) is 8.87 Å². The first kappa shape index (κ1) is 25.3. The molecule has 3 aromatic carbocycles. The molecule has 192 valence electrons. The maximum absolute atomic E-state index is 13.3. The quantitative estimate of drug-likeness (QED) is 0.357. The van der Waals surface area contributed by atoms with Gasteiger partial charge >= 0.3 is 0 Å². The van der Waals surface area contributed by atoms with Gasteiger partial charge in [0, 0.05) is 32.3 Å². The summed E-state index contributed by atoms with van der Waals surface area (Å²) in [6.07, 6.45) is 0.674. The standard InChI is InChI=1S/C27H27N3O5S2/c1-34-17-16-30-25-23(35-2)8-5-9-24(25)36-27(30)28-26(31)20-10-12-22(13-11-20)37(32,33)29-15-14-19-6-3-4-7-21(19)18-29/h3-13H,14-18H2,1-2H3. The summed E-state index contributed by atoms with van der Waals surface area (Å²) in [6.45, 7) is 1.70. The molecule has 0 saturated carbocycles. The Labute approximate surface area is 219 Å². The van der Waals surface area contributed by atoms with Gasteiger partial charge in [-0.1, -0.05) is 41.7 Å². The Kier molecular flexibility index (Phi) is 7.25. The number of amides is 1. The van der Waals surface area contributed by atoms with Crippen LogP contribution < -0.4 is 9.54 Å². The third-order valence-corrected chi connectivity index (χ3v) is 9.34. The number of nitrogens with zero attached hydrogens (tertiary/aromatic N) is 3. The first-order valence-corrected chi connectivity index (χ1v) is 14.1. The number of benzene rings is 3. The fraction of sp³-hybridized carbons (Fsp3) is 0.259. The van der Waals surface area contributed by atoms with E-state index in [-0.39, 0.29) is 4.90 Å². The van der Waals surface area contributed by atoms with Gasteiger partial charge in [0.25, 0.3) is 5.91 Å². The van der Waals surface area contributed by atoms with Crippen molar-refractivity contribution in [3.8, 4) is 5.75 Å². The Hall–Kier alpha value is -3.31. The zero-order chi connectivity index (χ0) is 26.0. The van der Waals surface area contributed by atoms with Gasteiger partial charge < -0.3 is 14.0 Å². The van der Waals surface area contributed by atoms with Crippen LogP contribution in [-0.4, -0.2) is 50.6 Å². The van der Waals surface area contributed by atoms with Crippen LogP contribution in [0.25, 0.3) is 10.2 Å². The second-order valence-corrected chi connectivity index (χ2v) is 11.6. The number of carbonyl (C=O) groups excluding carboxylic acids is 1. The monoisotopic (exact) mass is 537 g/mol. The van der Waals surface area contributed by atoms with Gasteiger partial charge in [0.15, 0.2) is 4.80 Å². The first-order chi connectivity index (χ1) is 17.9. The Balaban J connectivity index is 1.43. The summed E-state index contributed by atoms with van der Waals surface area (Å²) in [4.78, 5) is 18.1. The topological polar surface area (TPSA) is 90.2 Å². The van der Waals surface area contributed by atoms with Gasteiger partial charge in [-0.15, -0.1) is 0 Å². The van der Waals surface area contributed by atoms with Gasteiger partial charge in [0.05, 0.1) is 23.3 Å². The van der Waals surface area contributed by atoms with Crippen molar-refractivity contribution < 1.29 is 22.7 Å². The zero-order valence-corrected chi connectivity index (χ0v) is 22.2. The number of hydrogen-bond acceptors (Lipinski definition) is 6. The van der Waals surface area contributed by atoms with Gasteiger partial charge in [0.1, 0.15) is 11.3 Å². The molecule has 2 heterocycles. The second kappa shape index (κ2) is 10.6. The van der Waals surface area contributed by atoms with E-state index >= 15 is 0 Å². The SMILES string of the molecule is COCCn1c(=NC(=O)c2ccc(S(=O)(=O)N3CCc4ccccc4C3)cc2)sc2cccc(OC)c21. The average molecular weight is 538 g/mol. The molecule has 0 radical (unpaired) electrons. The van der Waals surface area contributed by atoms with E-state index in [1.807, 2.05) is 47.0 Å². The first-order valence-electron chi connectivity index (χ1n) is 11.8. The number of sulfonamides is 1. The molecule has 8 nitrogen and oxygen atoms in total. The van der Waals surface area contributed by atoms with Crippen LogP contribution >= 0.6 is 11.3 Å². The van der Waals surface area contributed by atoms with Crippen LogP contribution in [0.2, 0.25) is 0 Å². The van der Waals surface area contributed by atoms with E-state index in [1.54, 1.807) is 14.2 Å². The normalized spacial score (nSPS) is 14.6. The second-order valence-electron chi connectivity index (χ2n) is 8.63. The molecule has 1 amide bonds. The molecule has 0 bridgehead atoms. The summed E-state index contributed by atoms with van der Waals surface area (Å²) in [7, 11) is -0.464. The molecular formula is C27H27N3O5S2.